The summed E-state index contributed by atoms with van der Waals surface area (Å²) in [7, 11) is 3.08. The number of hydrogen-bond donors (Lipinski definition) is 0. The van der Waals surface area contributed by atoms with Gasteiger partial charge in [0.25, 0.3) is 0 Å². The van der Waals surface area contributed by atoms with E-state index in [0.717, 1.165) is 5.56 Å². The number of para-hydroxylation sites is 1. The second kappa shape index (κ2) is 8.85. The van der Waals surface area contributed by atoms with E-state index in [9.17, 15) is 9.59 Å². The molecule has 31 heavy (non-hydrogen) atoms. The average molecular weight is 439 g/mol. The third kappa shape index (κ3) is 3.67. The lowest BCUT2D eigenvalue weighted by atomic mass is 9.91. The molecule has 0 aliphatic carbocycles. The van der Waals surface area contributed by atoms with Gasteiger partial charge < -0.3 is 14.2 Å². The van der Waals surface area contributed by atoms with Crippen molar-refractivity contribution < 1.29 is 23.8 Å². The largest absolute Gasteiger partial charge is 0.493 e. The van der Waals surface area contributed by atoms with Gasteiger partial charge in [0.1, 0.15) is 6.04 Å². The van der Waals surface area contributed by atoms with Gasteiger partial charge in [-0.25, -0.2) is 9.79 Å². The zero-order valence-electron chi connectivity index (χ0n) is 17.5. The molecule has 1 atom stereocenters. The minimum atomic E-state index is -0.755. The fraction of sp³-hybridized carbons (Fsp3) is 0.261. The molecule has 2 aliphatic heterocycles. The number of nitrogens with zero attached hydrogens (tertiary/aromatic N) is 2. The Bertz CT molecular complexity index is 1080. The number of thioether (sulfide) groups is 1. The normalized spacial score (nSPS) is 17.9. The van der Waals surface area contributed by atoms with E-state index in [1.54, 1.807) is 31.1 Å². The van der Waals surface area contributed by atoms with Gasteiger partial charge in [-0.3, -0.25) is 9.69 Å². The van der Waals surface area contributed by atoms with Crippen LogP contribution in [0.2, 0.25) is 0 Å². The topological polar surface area (TPSA) is 77.4 Å². The highest BCUT2D eigenvalue weighted by Gasteiger charge is 2.45. The van der Waals surface area contributed by atoms with Crippen LogP contribution in [0.1, 0.15) is 24.1 Å². The van der Waals surface area contributed by atoms with Crippen molar-refractivity contribution >= 4 is 34.5 Å². The number of carbonyl (C=O) groups excluding carboxylic acids is 2. The van der Waals surface area contributed by atoms with Crippen LogP contribution in [0.4, 0.5) is 0 Å². The van der Waals surface area contributed by atoms with Crippen molar-refractivity contribution in [3.8, 4) is 11.5 Å². The van der Waals surface area contributed by atoms with Crippen molar-refractivity contribution in [1.29, 1.82) is 0 Å². The first-order valence-electron chi connectivity index (χ1n) is 9.81. The first kappa shape index (κ1) is 21.0. The predicted octanol–water partition coefficient (Wildman–Crippen LogP) is 3.66. The van der Waals surface area contributed by atoms with Crippen molar-refractivity contribution in [3.05, 3.63) is 65.2 Å². The molecule has 0 radical (unpaired) electrons. The van der Waals surface area contributed by atoms with E-state index in [4.69, 9.17) is 19.2 Å². The molecular weight excluding hydrogens is 416 g/mol. The number of amidine groups is 1. The maximum atomic E-state index is 13.2. The molecule has 160 valence electrons. The SMILES string of the molecule is CCOC(=O)C1=C(c2ccccc2)N=C2SCC(=O)N2C1c1cccc(OC)c1OC. The lowest BCUT2D eigenvalue weighted by Crippen LogP contribution is -2.39. The Balaban J connectivity index is 2.02. The summed E-state index contributed by atoms with van der Waals surface area (Å²) in [4.78, 5) is 32.4. The zero-order chi connectivity index (χ0) is 22.0. The van der Waals surface area contributed by atoms with Crippen LogP contribution in [-0.2, 0) is 14.3 Å². The smallest absolute Gasteiger partial charge is 0.338 e. The Kier molecular flexibility index (Phi) is 5.99. The van der Waals surface area contributed by atoms with E-state index >= 15 is 0 Å². The molecular formula is C23H22N2O5S. The molecule has 1 unspecified atom stereocenters. The van der Waals surface area contributed by atoms with Crippen molar-refractivity contribution in [2.75, 3.05) is 26.6 Å². The minimum Gasteiger partial charge on any atom is -0.493 e. The summed E-state index contributed by atoms with van der Waals surface area (Å²) in [5, 5.41) is 0.548. The fourth-order valence-electron chi connectivity index (χ4n) is 3.78. The van der Waals surface area contributed by atoms with Gasteiger partial charge in [0.15, 0.2) is 16.7 Å². The first-order chi connectivity index (χ1) is 15.1. The highest BCUT2D eigenvalue weighted by molar-refractivity contribution is 8.15. The second-order valence-corrected chi connectivity index (χ2v) is 7.72. The Morgan fingerprint density at radius 1 is 1.13 bits per heavy atom. The molecule has 2 aliphatic rings. The Morgan fingerprint density at radius 2 is 1.90 bits per heavy atom. The van der Waals surface area contributed by atoms with Gasteiger partial charge in [-0.1, -0.05) is 54.2 Å². The van der Waals surface area contributed by atoms with Crippen LogP contribution >= 0.6 is 11.8 Å². The van der Waals surface area contributed by atoms with Crippen molar-refractivity contribution in [1.82, 2.24) is 4.90 Å². The van der Waals surface area contributed by atoms with E-state index in [1.165, 1.54) is 18.9 Å². The van der Waals surface area contributed by atoms with Crippen molar-refractivity contribution in [2.45, 2.75) is 13.0 Å². The van der Waals surface area contributed by atoms with Crippen LogP contribution in [0.5, 0.6) is 11.5 Å². The first-order valence-corrected chi connectivity index (χ1v) is 10.8. The number of benzene rings is 2. The highest BCUT2D eigenvalue weighted by atomic mass is 32.2. The zero-order valence-corrected chi connectivity index (χ0v) is 18.3. The van der Waals surface area contributed by atoms with E-state index in [1.807, 2.05) is 36.4 Å². The van der Waals surface area contributed by atoms with Crippen molar-refractivity contribution in [3.63, 3.8) is 0 Å². The Morgan fingerprint density at radius 3 is 2.58 bits per heavy atom. The molecule has 0 N–H and O–H groups in total. The minimum absolute atomic E-state index is 0.132. The summed E-state index contributed by atoms with van der Waals surface area (Å²) in [5.74, 6) is 0.555. The van der Waals surface area contributed by atoms with Crippen LogP contribution in [0.3, 0.4) is 0 Å². The molecule has 0 aromatic heterocycles. The van der Waals surface area contributed by atoms with Gasteiger partial charge in [-0.05, 0) is 13.0 Å². The van der Waals surface area contributed by atoms with E-state index in [0.29, 0.717) is 33.5 Å². The monoisotopic (exact) mass is 438 g/mol. The molecule has 0 saturated carbocycles. The third-order valence-electron chi connectivity index (χ3n) is 5.06. The average Bonchev–Trinajstić information content (AvgIpc) is 3.18. The number of hydrogen-bond acceptors (Lipinski definition) is 7. The number of ether oxygens (including phenoxy) is 3. The number of amides is 1. The van der Waals surface area contributed by atoms with Crippen LogP contribution in [0.25, 0.3) is 5.70 Å². The molecule has 1 amide bonds. The van der Waals surface area contributed by atoms with Crippen LogP contribution in [-0.4, -0.2) is 48.5 Å². The molecule has 1 saturated heterocycles. The van der Waals surface area contributed by atoms with Crippen LogP contribution in [0.15, 0.2) is 59.1 Å². The highest BCUT2D eigenvalue weighted by Crippen LogP contribution is 2.47. The number of methoxy groups -OCH3 is 2. The molecule has 0 spiro atoms. The number of carbonyl (C=O) groups is 2. The van der Waals surface area contributed by atoms with Crippen molar-refractivity contribution in [2.24, 2.45) is 4.99 Å². The molecule has 7 nitrogen and oxygen atoms in total. The number of fused-ring (bicyclic) bond motifs is 1. The maximum absolute atomic E-state index is 13.2. The maximum Gasteiger partial charge on any atom is 0.338 e. The Labute approximate surface area is 184 Å². The quantitative estimate of drug-likeness (QED) is 0.641. The van der Waals surface area contributed by atoms with Crippen LogP contribution < -0.4 is 9.47 Å². The third-order valence-corrected chi connectivity index (χ3v) is 6.00. The number of rotatable bonds is 6. The molecule has 8 heteroatoms. The lowest BCUT2D eigenvalue weighted by Gasteiger charge is -2.34. The van der Waals surface area contributed by atoms with Crippen LogP contribution in [0, 0.1) is 0 Å². The second-order valence-electron chi connectivity index (χ2n) is 6.78. The summed E-state index contributed by atoms with van der Waals surface area (Å²) in [5.41, 5.74) is 2.17. The molecule has 0 bridgehead atoms. The van der Waals surface area contributed by atoms with E-state index in [2.05, 4.69) is 0 Å². The molecule has 4 rings (SSSR count). The van der Waals surface area contributed by atoms with E-state index < -0.39 is 12.0 Å². The van der Waals surface area contributed by atoms with Gasteiger partial charge in [-0.2, -0.15) is 0 Å². The van der Waals surface area contributed by atoms with Gasteiger partial charge in [0, 0.05) is 11.1 Å². The van der Waals surface area contributed by atoms with Gasteiger partial charge in [0.2, 0.25) is 5.91 Å². The van der Waals surface area contributed by atoms with Gasteiger partial charge in [-0.15, -0.1) is 0 Å². The summed E-state index contributed by atoms with van der Waals surface area (Å²) >= 11 is 1.35. The predicted molar refractivity (Wildman–Crippen MR) is 119 cm³/mol. The van der Waals surface area contributed by atoms with Gasteiger partial charge >= 0.3 is 5.97 Å². The summed E-state index contributed by atoms with van der Waals surface area (Å²) in [6.07, 6.45) is 0. The summed E-state index contributed by atoms with van der Waals surface area (Å²) in [6, 6.07) is 14.1. The van der Waals surface area contributed by atoms with Gasteiger partial charge in [0.05, 0.1) is 37.8 Å². The fourth-order valence-corrected chi connectivity index (χ4v) is 4.68. The summed E-state index contributed by atoms with van der Waals surface area (Å²) in [6.45, 7) is 1.95. The molecule has 2 heterocycles. The van der Waals surface area contributed by atoms with E-state index in [-0.39, 0.29) is 18.3 Å². The molecule has 2 aromatic rings. The lowest BCUT2D eigenvalue weighted by molar-refractivity contribution is -0.139. The number of aliphatic imine (C=N–C) groups is 1. The summed E-state index contributed by atoms with van der Waals surface area (Å²) < 4.78 is 16.5. The number of esters is 1. The Hall–Kier alpha value is -3.26. The molecule has 2 aromatic carbocycles. The molecule has 1 fully saturated rings. The standard InChI is InChI=1S/C23H22N2O5S/c1-4-30-22(27)18-19(14-9-6-5-7-10-14)24-23-25(17(26)13-31-23)20(18)15-11-8-12-16(28-2)21(15)29-3/h5-12,20H,4,13H2,1-3H3.